The second-order valence-electron chi connectivity index (χ2n) is 7.02. The normalized spacial score (nSPS) is 35.2. The first-order chi connectivity index (χ1) is 9.31. The average molecular weight is 265 g/mol. The van der Waals surface area contributed by atoms with E-state index in [1.807, 2.05) is 0 Å². The smallest absolute Gasteiger partial charge is 0.0209 e. The maximum absolute atomic E-state index is 3.88. The monoisotopic (exact) mass is 265 g/mol. The van der Waals surface area contributed by atoms with Crippen molar-refractivity contribution in [3.8, 4) is 0 Å². The summed E-state index contributed by atoms with van der Waals surface area (Å²) >= 11 is 0. The number of nitrogens with zero attached hydrogens (tertiary/aromatic N) is 1. The van der Waals surface area contributed by atoms with E-state index in [-0.39, 0.29) is 0 Å². The molecule has 2 saturated heterocycles. The van der Waals surface area contributed by atoms with E-state index in [9.17, 15) is 0 Å². The number of hydrogen-bond donors (Lipinski definition) is 2. The Bertz CT molecular complexity index is 269. The summed E-state index contributed by atoms with van der Waals surface area (Å²) in [4.78, 5) is 2.70. The van der Waals surface area contributed by atoms with E-state index in [0.29, 0.717) is 6.04 Å². The summed E-state index contributed by atoms with van der Waals surface area (Å²) in [6.07, 6.45) is 11.2. The molecule has 0 aromatic heterocycles. The minimum atomic E-state index is 0.666. The van der Waals surface area contributed by atoms with Gasteiger partial charge in [-0.05, 0) is 52.0 Å². The number of likely N-dealkylation sites (tertiary alicyclic amines) is 1. The summed E-state index contributed by atoms with van der Waals surface area (Å²) in [6, 6.07) is 3.12. The van der Waals surface area contributed by atoms with Crippen LogP contribution in [0.5, 0.6) is 0 Å². The van der Waals surface area contributed by atoms with E-state index in [2.05, 4.69) is 22.5 Å². The van der Waals surface area contributed by atoms with Crippen molar-refractivity contribution < 1.29 is 0 Å². The van der Waals surface area contributed by atoms with Crippen LogP contribution in [0, 0.1) is 0 Å². The van der Waals surface area contributed by atoms with Crippen LogP contribution in [-0.4, -0.2) is 48.7 Å². The molecule has 0 bridgehead atoms. The molecule has 3 nitrogen and oxygen atoms in total. The van der Waals surface area contributed by atoms with Gasteiger partial charge in [-0.2, -0.15) is 0 Å². The predicted octanol–water partition coefficient (Wildman–Crippen LogP) is 2.12. The lowest BCUT2D eigenvalue weighted by atomic mass is 10.0. The lowest BCUT2D eigenvalue weighted by molar-refractivity contribution is 0.307. The maximum atomic E-state index is 3.88. The third-order valence-electron chi connectivity index (χ3n) is 5.10. The van der Waals surface area contributed by atoms with Crippen molar-refractivity contribution in [1.29, 1.82) is 0 Å². The standard InChI is InChI=1S/C16H31N3/c1-13(11-14-5-3-2-4-9-17-14)18-15-8-10-19(12-15)16-6-7-16/h13-18H,2-12H2,1H3. The zero-order chi connectivity index (χ0) is 13.1. The SMILES string of the molecule is CC(CC1CCCCCN1)NC1CCN(C2CC2)C1. The molecule has 0 spiro atoms. The average Bonchev–Trinajstić information content (AvgIpc) is 3.17. The molecular weight excluding hydrogens is 234 g/mol. The highest BCUT2D eigenvalue weighted by Crippen LogP contribution is 2.29. The zero-order valence-electron chi connectivity index (χ0n) is 12.5. The highest BCUT2D eigenvalue weighted by Gasteiger charge is 2.34. The molecule has 19 heavy (non-hydrogen) atoms. The Morgan fingerprint density at radius 1 is 1.16 bits per heavy atom. The molecule has 2 N–H and O–H groups in total. The molecule has 2 aliphatic heterocycles. The Kier molecular flexibility index (Phi) is 4.78. The summed E-state index contributed by atoms with van der Waals surface area (Å²) in [6.45, 7) is 6.24. The van der Waals surface area contributed by atoms with Gasteiger partial charge in [0.2, 0.25) is 0 Å². The van der Waals surface area contributed by atoms with Crippen LogP contribution in [0.2, 0.25) is 0 Å². The topological polar surface area (TPSA) is 27.3 Å². The van der Waals surface area contributed by atoms with Crippen molar-refractivity contribution in [2.45, 2.75) is 82.5 Å². The van der Waals surface area contributed by atoms with Crippen LogP contribution in [-0.2, 0) is 0 Å². The van der Waals surface area contributed by atoms with Gasteiger partial charge in [-0.1, -0.05) is 12.8 Å². The molecule has 3 atom stereocenters. The second-order valence-corrected chi connectivity index (χ2v) is 7.02. The molecule has 0 amide bonds. The van der Waals surface area contributed by atoms with Crippen molar-refractivity contribution in [3.63, 3.8) is 0 Å². The van der Waals surface area contributed by atoms with Gasteiger partial charge in [-0.15, -0.1) is 0 Å². The third kappa shape index (κ3) is 4.17. The van der Waals surface area contributed by atoms with Gasteiger partial charge in [-0.3, -0.25) is 4.90 Å². The predicted molar refractivity (Wildman–Crippen MR) is 80.5 cm³/mol. The van der Waals surface area contributed by atoms with E-state index < -0.39 is 0 Å². The van der Waals surface area contributed by atoms with Crippen LogP contribution in [0.25, 0.3) is 0 Å². The second kappa shape index (κ2) is 6.55. The highest BCUT2D eigenvalue weighted by atomic mass is 15.2. The minimum Gasteiger partial charge on any atom is -0.314 e. The summed E-state index contributed by atoms with van der Waals surface area (Å²) in [7, 11) is 0. The number of rotatable bonds is 5. The van der Waals surface area contributed by atoms with Crippen LogP contribution in [0.1, 0.15) is 58.3 Å². The first kappa shape index (κ1) is 13.8. The maximum Gasteiger partial charge on any atom is 0.0209 e. The molecule has 1 aliphatic carbocycles. The molecule has 0 aromatic carbocycles. The Morgan fingerprint density at radius 2 is 2.05 bits per heavy atom. The molecule has 0 aromatic rings. The molecule has 3 aliphatic rings. The van der Waals surface area contributed by atoms with E-state index in [1.54, 1.807) is 0 Å². The molecule has 2 heterocycles. The van der Waals surface area contributed by atoms with Crippen LogP contribution < -0.4 is 10.6 Å². The molecular formula is C16H31N3. The Morgan fingerprint density at radius 3 is 2.89 bits per heavy atom. The molecule has 3 rings (SSSR count). The Balaban J connectivity index is 1.37. The van der Waals surface area contributed by atoms with Gasteiger partial charge >= 0.3 is 0 Å². The fourth-order valence-corrected chi connectivity index (χ4v) is 3.89. The van der Waals surface area contributed by atoms with E-state index in [0.717, 1.165) is 18.1 Å². The van der Waals surface area contributed by atoms with Gasteiger partial charge in [0.15, 0.2) is 0 Å². The molecule has 1 saturated carbocycles. The van der Waals surface area contributed by atoms with Gasteiger partial charge in [0.25, 0.3) is 0 Å². The first-order valence-corrected chi connectivity index (χ1v) is 8.55. The van der Waals surface area contributed by atoms with Crippen molar-refractivity contribution in [2.75, 3.05) is 19.6 Å². The molecule has 0 radical (unpaired) electrons. The summed E-state index contributed by atoms with van der Waals surface area (Å²) in [5, 5.41) is 7.60. The van der Waals surface area contributed by atoms with Crippen LogP contribution >= 0.6 is 0 Å². The van der Waals surface area contributed by atoms with Crippen LogP contribution in [0.3, 0.4) is 0 Å². The van der Waals surface area contributed by atoms with Gasteiger partial charge in [-0.25, -0.2) is 0 Å². The third-order valence-corrected chi connectivity index (χ3v) is 5.10. The van der Waals surface area contributed by atoms with Crippen LogP contribution in [0.4, 0.5) is 0 Å². The number of hydrogen-bond acceptors (Lipinski definition) is 3. The summed E-state index contributed by atoms with van der Waals surface area (Å²) in [5.74, 6) is 0. The molecule has 110 valence electrons. The van der Waals surface area contributed by atoms with E-state index in [4.69, 9.17) is 0 Å². The van der Waals surface area contributed by atoms with E-state index in [1.165, 1.54) is 71.0 Å². The van der Waals surface area contributed by atoms with Crippen molar-refractivity contribution in [1.82, 2.24) is 15.5 Å². The summed E-state index contributed by atoms with van der Waals surface area (Å²) in [5.41, 5.74) is 0. The van der Waals surface area contributed by atoms with Crippen molar-refractivity contribution in [2.24, 2.45) is 0 Å². The molecule has 3 fully saturated rings. The lowest BCUT2D eigenvalue weighted by Crippen LogP contribution is -2.42. The van der Waals surface area contributed by atoms with Gasteiger partial charge in [0, 0.05) is 37.3 Å². The van der Waals surface area contributed by atoms with Gasteiger partial charge in [0.05, 0.1) is 0 Å². The quantitative estimate of drug-likeness (QED) is 0.797. The summed E-state index contributed by atoms with van der Waals surface area (Å²) < 4.78 is 0. The fourth-order valence-electron chi connectivity index (χ4n) is 3.89. The molecule has 3 unspecified atom stereocenters. The zero-order valence-corrected chi connectivity index (χ0v) is 12.5. The first-order valence-electron chi connectivity index (χ1n) is 8.55. The minimum absolute atomic E-state index is 0.666. The molecule has 3 heteroatoms. The largest absolute Gasteiger partial charge is 0.314 e. The fraction of sp³-hybridized carbons (Fsp3) is 1.00. The van der Waals surface area contributed by atoms with E-state index >= 15 is 0 Å². The highest BCUT2D eigenvalue weighted by molar-refractivity contribution is 4.92. The van der Waals surface area contributed by atoms with Gasteiger partial charge in [0.1, 0.15) is 0 Å². The van der Waals surface area contributed by atoms with Gasteiger partial charge < -0.3 is 10.6 Å². The Labute approximate surface area is 118 Å². The number of nitrogens with one attached hydrogen (secondary N) is 2. The van der Waals surface area contributed by atoms with Crippen molar-refractivity contribution in [3.05, 3.63) is 0 Å². The Hall–Kier alpha value is -0.120. The van der Waals surface area contributed by atoms with Crippen LogP contribution in [0.15, 0.2) is 0 Å². The lowest BCUT2D eigenvalue weighted by Gasteiger charge is -2.24. The van der Waals surface area contributed by atoms with Crippen molar-refractivity contribution >= 4 is 0 Å².